The molecule has 2 aliphatic rings. The van der Waals surface area contributed by atoms with E-state index in [9.17, 15) is 9.59 Å². The van der Waals surface area contributed by atoms with Crippen LogP contribution < -0.4 is 5.32 Å². The van der Waals surface area contributed by atoms with Crippen molar-refractivity contribution in [2.75, 3.05) is 18.1 Å². The third-order valence-corrected chi connectivity index (χ3v) is 6.93. The number of dihydropyridines is 1. The zero-order chi connectivity index (χ0) is 21.2. The number of ketones is 1. The number of benzene rings is 1. The summed E-state index contributed by atoms with van der Waals surface area (Å²) in [5, 5.41) is 3.37. The third kappa shape index (κ3) is 4.80. The molecule has 1 aromatic carbocycles. The van der Waals surface area contributed by atoms with Crippen LogP contribution in [0.25, 0.3) is 0 Å². The van der Waals surface area contributed by atoms with Crippen molar-refractivity contribution in [2.45, 2.75) is 46.5 Å². The molecule has 0 aromatic heterocycles. The number of thioether (sulfide) groups is 1. The second-order valence-electron chi connectivity index (χ2n) is 8.28. The van der Waals surface area contributed by atoms with Crippen molar-refractivity contribution in [3.63, 3.8) is 0 Å². The average Bonchev–Trinajstić information content (AvgIpc) is 2.63. The van der Waals surface area contributed by atoms with Crippen LogP contribution in [0, 0.1) is 5.41 Å². The van der Waals surface area contributed by atoms with Gasteiger partial charge in [0.05, 0.1) is 5.57 Å². The lowest BCUT2D eigenvalue weighted by Crippen LogP contribution is -2.38. The van der Waals surface area contributed by atoms with Crippen molar-refractivity contribution in [1.29, 1.82) is 0 Å². The van der Waals surface area contributed by atoms with Crippen LogP contribution in [0.5, 0.6) is 0 Å². The Kier molecular flexibility index (Phi) is 6.94. The van der Waals surface area contributed by atoms with Crippen molar-refractivity contribution >= 4 is 39.4 Å². The maximum atomic E-state index is 13.2. The molecule has 1 aromatic rings. The van der Waals surface area contributed by atoms with Gasteiger partial charge in [0, 0.05) is 39.5 Å². The lowest BCUT2D eigenvalue weighted by Gasteiger charge is -2.39. The minimum atomic E-state index is -0.420. The third-order valence-electron chi connectivity index (χ3n) is 5.34. The number of nitrogens with one attached hydrogen (secondary N) is 1. The second-order valence-corrected chi connectivity index (χ2v) is 10.5. The van der Waals surface area contributed by atoms with Crippen LogP contribution in [-0.2, 0) is 14.3 Å². The van der Waals surface area contributed by atoms with E-state index in [2.05, 4.69) is 42.0 Å². The van der Waals surface area contributed by atoms with E-state index in [-0.39, 0.29) is 17.2 Å². The molecule has 156 valence electrons. The maximum Gasteiger partial charge on any atom is 0.336 e. The summed E-state index contributed by atoms with van der Waals surface area (Å²) in [6.45, 7) is 8.56. The summed E-state index contributed by atoms with van der Waals surface area (Å²) in [5.41, 5.74) is 3.76. The Morgan fingerprint density at radius 3 is 2.72 bits per heavy atom. The normalized spacial score (nSPS) is 21.0. The van der Waals surface area contributed by atoms with E-state index in [1.54, 1.807) is 11.8 Å². The fraction of sp³-hybridized carbons (Fsp3) is 0.478. The quantitative estimate of drug-likeness (QED) is 0.441. The number of rotatable bonds is 6. The number of Topliss-reactive ketones (excluding diaryl/α,β-unsaturated/α-hetero) is 1. The highest BCUT2D eigenvalue weighted by Gasteiger charge is 2.43. The van der Waals surface area contributed by atoms with Gasteiger partial charge in [-0.05, 0) is 36.1 Å². The molecule has 1 heterocycles. The Labute approximate surface area is 185 Å². The minimum absolute atomic E-state index is 0.100. The smallest absolute Gasteiger partial charge is 0.336 e. The summed E-state index contributed by atoms with van der Waals surface area (Å²) >= 11 is 5.36. The number of halogens is 1. The molecule has 29 heavy (non-hydrogen) atoms. The van der Waals surface area contributed by atoms with Gasteiger partial charge in [0.1, 0.15) is 6.61 Å². The predicted molar refractivity (Wildman–Crippen MR) is 122 cm³/mol. The van der Waals surface area contributed by atoms with Gasteiger partial charge < -0.3 is 10.1 Å². The molecule has 0 radical (unpaired) electrons. The monoisotopic (exact) mass is 477 g/mol. The van der Waals surface area contributed by atoms with E-state index < -0.39 is 5.92 Å². The van der Waals surface area contributed by atoms with Gasteiger partial charge in [0.25, 0.3) is 0 Å². The van der Waals surface area contributed by atoms with Crippen LogP contribution in [0.1, 0.15) is 52.0 Å². The molecule has 1 aliphatic heterocycles. The lowest BCUT2D eigenvalue weighted by molar-refractivity contribution is -0.138. The molecule has 0 fully saturated rings. The summed E-state index contributed by atoms with van der Waals surface area (Å²) in [4.78, 5) is 26.3. The van der Waals surface area contributed by atoms with Gasteiger partial charge in [0.2, 0.25) is 0 Å². The molecule has 3 rings (SSSR count). The summed E-state index contributed by atoms with van der Waals surface area (Å²) < 4.78 is 6.48. The fourth-order valence-corrected chi connectivity index (χ4v) is 5.15. The first kappa shape index (κ1) is 22.2. The Hall–Kier alpha value is -1.53. The van der Waals surface area contributed by atoms with Crippen LogP contribution in [0.4, 0.5) is 0 Å². The number of carbonyl (C=O) groups excluding carboxylic acids is 2. The average molecular weight is 478 g/mol. The molecule has 1 atom stereocenters. The standard InChI is InChI=1S/C23H28BrNO3S/c1-5-29-11-10-28-22(27)19-14(2)25-17-12-23(3,4)13-18(26)21(17)20(19)15-8-6-7-9-16(15)24/h6-9,20,25H,5,10-13H2,1-4H3/t20-/m1/s1. The molecule has 6 heteroatoms. The topological polar surface area (TPSA) is 55.4 Å². The Balaban J connectivity index is 2.05. The first-order valence-corrected chi connectivity index (χ1v) is 11.9. The van der Waals surface area contributed by atoms with E-state index in [4.69, 9.17) is 4.74 Å². The van der Waals surface area contributed by atoms with E-state index in [1.807, 2.05) is 31.2 Å². The molecule has 4 nitrogen and oxygen atoms in total. The molecular weight excluding hydrogens is 450 g/mol. The minimum Gasteiger partial charge on any atom is -0.461 e. The van der Waals surface area contributed by atoms with Crippen molar-refractivity contribution in [3.8, 4) is 0 Å². The molecule has 0 saturated carbocycles. The van der Waals surface area contributed by atoms with Crippen molar-refractivity contribution in [1.82, 2.24) is 5.32 Å². The number of ether oxygens (including phenoxy) is 1. The second kappa shape index (κ2) is 9.09. The highest BCUT2D eigenvalue weighted by Crippen LogP contribution is 2.48. The molecule has 0 amide bonds. The predicted octanol–water partition coefficient (Wildman–Crippen LogP) is 5.35. The maximum absolute atomic E-state index is 13.2. The Morgan fingerprint density at radius 2 is 2.03 bits per heavy atom. The Morgan fingerprint density at radius 1 is 1.31 bits per heavy atom. The zero-order valence-electron chi connectivity index (χ0n) is 17.4. The summed E-state index contributed by atoms with van der Waals surface area (Å²) in [6, 6.07) is 7.80. The summed E-state index contributed by atoms with van der Waals surface area (Å²) in [6.07, 6.45) is 1.25. The highest BCUT2D eigenvalue weighted by atomic mass is 79.9. The molecule has 0 unspecified atom stereocenters. The van der Waals surface area contributed by atoms with Crippen molar-refractivity contribution in [2.24, 2.45) is 5.41 Å². The van der Waals surface area contributed by atoms with Gasteiger partial charge in [-0.2, -0.15) is 11.8 Å². The number of esters is 1. The molecular formula is C23H28BrNO3S. The first-order valence-electron chi connectivity index (χ1n) is 9.98. The van der Waals surface area contributed by atoms with Gasteiger partial charge in [-0.15, -0.1) is 0 Å². The summed E-state index contributed by atoms with van der Waals surface area (Å²) in [7, 11) is 0. The van der Waals surface area contributed by atoms with Crippen LogP contribution in [0.3, 0.4) is 0 Å². The number of hydrogen-bond donors (Lipinski definition) is 1. The van der Waals surface area contributed by atoms with Crippen LogP contribution in [0.2, 0.25) is 0 Å². The van der Waals surface area contributed by atoms with Crippen molar-refractivity contribution < 1.29 is 14.3 Å². The van der Waals surface area contributed by atoms with Gasteiger partial charge in [0.15, 0.2) is 5.78 Å². The molecule has 0 spiro atoms. The molecule has 1 N–H and O–H groups in total. The van der Waals surface area contributed by atoms with Crippen LogP contribution >= 0.6 is 27.7 Å². The van der Waals surface area contributed by atoms with E-state index in [0.29, 0.717) is 24.2 Å². The number of allylic oxidation sites excluding steroid dienone is 3. The van der Waals surface area contributed by atoms with E-state index in [0.717, 1.165) is 39.4 Å². The number of carbonyl (C=O) groups is 2. The van der Waals surface area contributed by atoms with E-state index >= 15 is 0 Å². The largest absolute Gasteiger partial charge is 0.461 e. The van der Waals surface area contributed by atoms with Gasteiger partial charge >= 0.3 is 5.97 Å². The van der Waals surface area contributed by atoms with Crippen LogP contribution in [-0.4, -0.2) is 29.9 Å². The SMILES string of the molecule is CCSCCOC(=O)C1=C(C)NC2=C(C(=O)CC(C)(C)C2)[C@@H]1c1ccccc1Br. The summed E-state index contributed by atoms with van der Waals surface area (Å²) in [5.74, 6) is 1.08. The van der Waals surface area contributed by atoms with E-state index in [1.165, 1.54) is 0 Å². The molecule has 1 aliphatic carbocycles. The number of hydrogen-bond acceptors (Lipinski definition) is 5. The lowest BCUT2D eigenvalue weighted by atomic mass is 9.68. The Bertz CT molecular complexity index is 888. The molecule has 0 saturated heterocycles. The highest BCUT2D eigenvalue weighted by molar-refractivity contribution is 9.10. The van der Waals surface area contributed by atoms with Gasteiger partial charge in [-0.3, -0.25) is 4.79 Å². The molecule has 0 bridgehead atoms. The zero-order valence-corrected chi connectivity index (χ0v) is 19.8. The first-order chi connectivity index (χ1) is 13.7. The van der Waals surface area contributed by atoms with Crippen molar-refractivity contribution in [3.05, 3.63) is 56.8 Å². The fourth-order valence-electron chi connectivity index (χ4n) is 4.14. The van der Waals surface area contributed by atoms with Crippen LogP contribution in [0.15, 0.2) is 51.3 Å². The van der Waals surface area contributed by atoms with Gasteiger partial charge in [-0.25, -0.2) is 4.79 Å². The van der Waals surface area contributed by atoms with Gasteiger partial charge in [-0.1, -0.05) is 54.9 Å².